The fraction of sp³-hybridized carbons (Fsp3) is 0.906. The van der Waals surface area contributed by atoms with E-state index in [0.717, 1.165) is 18.8 Å². The van der Waals surface area contributed by atoms with Crippen LogP contribution in [0.5, 0.6) is 0 Å². The second kappa shape index (κ2) is 7.62. The summed E-state index contributed by atoms with van der Waals surface area (Å²) in [6.45, 7) is 21.6. The Labute approximate surface area is 219 Å². The average molecular weight is 499 g/mol. The molecule has 202 valence electrons. The number of fused-ring (bicyclic) bond motifs is 4. The Balaban J connectivity index is 1.47. The molecule has 0 spiro atoms. The van der Waals surface area contributed by atoms with Crippen molar-refractivity contribution >= 4 is 5.97 Å². The highest BCUT2D eigenvalue weighted by atomic mass is 17.2. The third kappa shape index (κ3) is 2.93. The highest BCUT2D eigenvalue weighted by Gasteiger charge is 2.74. The molecule has 1 heterocycles. The lowest BCUT2D eigenvalue weighted by atomic mass is 9.32. The van der Waals surface area contributed by atoms with Gasteiger partial charge < -0.3 is 4.74 Å². The standard InChI is InChI=1S/C32H50O4/c1-18-10-12-29(6)14-15-30(7)21(26(29)19(18)2)16-22-27-31(30,8)13-11-23-28(4,5)24(34-20(3)33)17-25(36-35-22)32(23,27)9/h16,18-19,22-27H,10-15,17H2,1-9H3. The zero-order valence-electron chi connectivity index (χ0n) is 24.3. The topological polar surface area (TPSA) is 44.8 Å². The number of rotatable bonds is 1. The number of ether oxygens (including phenoxy) is 1. The Bertz CT molecular complexity index is 985. The summed E-state index contributed by atoms with van der Waals surface area (Å²) in [6, 6.07) is 0. The van der Waals surface area contributed by atoms with E-state index in [1.165, 1.54) is 39.0 Å². The number of carbonyl (C=O) groups excluding carboxylic acids is 1. The molecule has 12 unspecified atom stereocenters. The molecule has 1 aliphatic heterocycles. The van der Waals surface area contributed by atoms with Crippen LogP contribution >= 0.6 is 0 Å². The smallest absolute Gasteiger partial charge is 0.302 e. The van der Waals surface area contributed by atoms with Gasteiger partial charge in [0.05, 0.1) is 0 Å². The first-order valence-electron chi connectivity index (χ1n) is 14.9. The van der Waals surface area contributed by atoms with Gasteiger partial charge in [0.1, 0.15) is 18.3 Å². The predicted molar refractivity (Wildman–Crippen MR) is 141 cm³/mol. The molecule has 1 saturated heterocycles. The van der Waals surface area contributed by atoms with Gasteiger partial charge in [0.15, 0.2) is 0 Å². The maximum absolute atomic E-state index is 12.0. The second-order valence-electron chi connectivity index (χ2n) is 15.6. The van der Waals surface area contributed by atoms with Crippen molar-refractivity contribution in [2.45, 2.75) is 126 Å². The van der Waals surface area contributed by atoms with Crippen LogP contribution in [0.15, 0.2) is 11.6 Å². The minimum Gasteiger partial charge on any atom is -0.462 e. The maximum Gasteiger partial charge on any atom is 0.302 e. The molecule has 12 atom stereocenters. The van der Waals surface area contributed by atoms with Gasteiger partial charge in [-0.2, -0.15) is 0 Å². The molecule has 36 heavy (non-hydrogen) atoms. The molecule has 0 bridgehead atoms. The van der Waals surface area contributed by atoms with Crippen LogP contribution in [0.1, 0.15) is 107 Å². The van der Waals surface area contributed by atoms with E-state index in [4.69, 9.17) is 14.5 Å². The summed E-state index contributed by atoms with van der Waals surface area (Å²) in [5.74, 6) is 2.77. The second-order valence-corrected chi connectivity index (χ2v) is 15.6. The van der Waals surface area contributed by atoms with Crippen LogP contribution in [-0.2, 0) is 19.3 Å². The molecule has 0 aromatic heterocycles. The van der Waals surface area contributed by atoms with E-state index in [1.54, 1.807) is 5.57 Å². The number of allylic oxidation sites excluding steroid dienone is 1. The van der Waals surface area contributed by atoms with Gasteiger partial charge in [-0.05, 0) is 78.4 Å². The number of carbonyl (C=O) groups is 1. The first kappa shape index (κ1) is 25.4. The lowest BCUT2D eigenvalue weighted by Crippen LogP contribution is -2.73. The molecule has 5 aliphatic carbocycles. The van der Waals surface area contributed by atoms with Gasteiger partial charge in [0.2, 0.25) is 0 Å². The van der Waals surface area contributed by atoms with E-state index in [2.05, 4.69) is 61.5 Å². The molecule has 5 fully saturated rings. The Morgan fingerprint density at radius 1 is 0.972 bits per heavy atom. The van der Waals surface area contributed by atoms with Crippen molar-refractivity contribution in [2.75, 3.05) is 0 Å². The molecule has 0 aromatic rings. The monoisotopic (exact) mass is 498 g/mol. The third-order valence-electron chi connectivity index (χ3n) is 13.9. The zero-order chi connectivity index (χ0) is 26.1. The Hall–Kier alpha value is -0.870. The summed E-state index contributed by atoms with van der Waals surface area (Å²) in [5.41, 5.74) is 2.38. The van der Waals surface area contributed by atoms with E-state index in [-0.39, 0.29) is 45.9 Å². The van der Waals surface area contributed by atoms with Crippen molar-refractivity contribution in [3.05, 3.63) is 11.6 Å². The molecule has 6 aliphatic rings. The summed E-state index contributed by atoms with van der Waals surface area (Å²) >= 11 is 0. The molecular weight excluding hydrogens is 448 g/mol. The van der Waals surface area contributed by atoms with Crippen molar-refractivity contribution in [1.82, 2.24) is 0 Å². The molecule has 0 amide bonds. The first-order chi connectivity index (χ1) is 16.7. The van der Waals surface area contributed by atoms with Crippen LogP contribution in [0, 0.1) is 56.7 Å². The largest absolute Gasteiger partial charge is 0.462 e. The number of hydrogen-bond acceptors (Lipinski definition) is 4. The minimum atomic E-state index is -0.189. The normalized spacial score (nSPS) is 57.0. The fourth-order valence-electron chi connectivity index (χ4n) is 11.6. The molecule has 0 radical (unpaired) electrons. The highest BCUT2D eigenvalue weighted by Crippen LogP contribution is 2.77. The average Bonchev–Trinajstić information content (AvgIpc) is 2.78. The van der Waals surface area contributed by atoms with Crippen molar-refractivity contribution in [2.24, 2.45) is 56.7 Å². The van der Waals surface area contributed by atoms with E-state index in [1.807, 2.05) is 0 Å². The summed E-state index contributed by atoms with van der Waals surface area (Å²) in [6.07, 6.45) is 10.9. The predicted octanol–water partition coefficient (Wildman–Crippen LogP) is 7.51. The Kier molecular flexibility index (Phi) is 5.38. The number of hydrogen-bond donors (Lipinski definition) is 0. The summed E-state index contributed by atoms with van der Waals surface area (Å²) in [5, 5.41) is 0. The molecular formula is C32H50O4. The lowest BCUT2D eigenvalue weighted by molar-refractivity contribution is -0.452. The van der Waals surface area contributed by atoms with Gasteiger partial charge in [0, 0.05) is 30.1 Å². The van der Waals surface area contributed by atoms with Crippen molar-refractivity contribution in [3.63, 3.8) is 0 Å². The van der Waals surface area contributed by atoms with E-state index < -0.39 is 0 Å². The first-order valence-corrected chi connectivity index (χ1v) is 14.9. The Morgan fingerprint density at radius 3 is 2.39 bits per heavy atom. The van der Waals surface area contributed by atoms with Gasteiger partial charge in [-0.15, -0.1) is 0 Å². The SMILES string of the molecule is CC(=O)OC1CC2OOC3C=C4C5C(C)C(C)CCC5(C)CCC4(C)C4(C)CCC(C1(C)C)C2(C)C34. The van der Waals surface area contributed by atoms with Crippen LogP contribution in [0.3, 0.4) is 0 Å². The molecule has 4 heteroatoms. The summed E-state index contributed by atoms with van der Waals surface area (Å²) < 4.78 is 5.92. The van der Waals surface area contributed by atoms with Crippen LogP contribution in [-0.4, -0.2) is 24.3 Å². The van der Waals surface area contributed by atoms with E-state index in [0.29, 0.717) is 29.1 Å². The van der Waals surface area contributed by atoms with Crippen molar-refractivity contribution < 1.29 is 19.3 Å². The van der Waals surface area contributed by atoms with Crippen molar-refractivity contribution in [1.29, 1.82) is 0 Å². The van der Waals surface area contributed by atoms with E-state index >= 15 is 0 Å². The van der Waals surface area contributed by atoms with Gasteiger partial charge in [0.25, 0.3) is 0 Å². The van der Waals surface area contributed by atoms with Gasteiger partial charge in [-0.1, -0.05) is 67.0 Å². The zero-order valence-corrected chi connectivity index (χ0v) is 24.3. The molecule has 4 saturated carbocycles. The van der Waals surface area contributed by atoms with Crippen LogP contribution in [0.2, 0.25) is 0 Å². The van der Waals surface area contributed by atoms with Crippen LogP contribution < -0.4 is 0 Å². The minimum absolute atomic E-state index is 0.00662. The molecule has 0 aromatic carbocycles. The molecule has 6 rings (SSSR count). The molecule has 4 nitrogen and oxygen atoms in total. The van der Waals surface area contributed by atoms with Gasteiger partial charge in [-0.3, -0.25) is 4.79 Å². The third-order valence-corrected chi connectivity index (χ3v) is 13.9. The fourth-order valence-corrected chi connectivity index (χ4v) is 11.6. The lowest BCUT2D eigenvalue weighted by Gasteiger charge is -2.74. The maximum atomic E-state index is 12.0. The highest BCUT2D eigenvalue weighted by molar-refractivity contribution is 5.66. The van der Waals surface area contributed by atoms with Gasteiger partial charge in [-0.25, -0.2) is 9.78 Å². The summed E-state index contributed by atoms with van der Waals surface area (Å²) in [7, 11) is 0. The summed E-state index contributed by atoms with van der Waals surface area (Å²) in [4.78, 5) is 24.8. The quantitative estimate of drug-likeness (QED) is 0.213. The van der Waals surface area contributed by atoms with Crippen molar-refractivity contribution in [3.8, 4) is 0 Å². The van der Waals surface area contributed by atoms with Gasteiger partial charge >= 0.3 is 5.97 Å². The van der Waals surface area contributed by atoms with E-state index in [9.17, 15) is 4.79 Å². The number of esters is 1. The van der Waals surface area contributed by atoms with Crippen LogP contribution in [0.25, 0.3) is 0 Å². The molecule has 0 N–H and O–H groups in total. The van der Waals surface area contributed by atoms with Crippen LogP contribution in [0.4, 0.5) is 0 Å². The Morgan fingerprint density at radius 2 is 1.69 bits per heavy atom.